The summed E-state index contributed by atoms with van der Waals surface area (Å²) < 4.78 is 0. The number of carbonyl (C=O) groups excluding carboxylic acids is 3. The number of benzene rings is 1. The van der Waals surface area contributed by atoms with Gasteiger partial charge in [0, 0.05) is 6.04 Å². The van der Waals surface area contributed by atoms with Crippen molar-refractivity contribution in [2.45, 2.75) is 64.0 Å². The Labute approximate surface area is 160 Å². The molecule has 146 valence electrons. The zero-order valence-electron chi connectivity index (χ0n) is 16.2. The summed E-state index contributed by atoms with van der Waals surface area (Å²) in [5.74, 6) is 0.0370. The highest BCUT2D eigenvalue weighted by Crippen LogP contribution is 2.36. The predicted molar refractivity (Wildman–Crippen MR) is 103 cm³/mol. The Morgan fingerprint density at radius 2 is 1.93 bits per heavy atom. The molecule has 1 aliphatic carbocycles. The van der Waals surface area contributed by atoms with E-state index in [1.165, 1.54) is 5.56 Å². The average molecular weight is 371 g/mol. The summed E-state index contributed by atoms with van der Waals surface area (Å²) in [5, 5.41) is 5.76. The third-order valence-corrected chi connectivity index (χ3v) is 5.79. The highest BCUT2D eigenvalue weighted by Gasteiger charge is 2.52. The maximum Gasteiger partial charge on any atom is 0.325 e. The summed E-state index contributed by atoms with van der Waals surface area (Å²) in [6.45, 7) is 3.89. The van der Waals surface area contributed by atoms with Crippen LogP contribution >= 0.6 is 0 Å². The van der Waals surface area contributed by atoms with Crippen LogP contribution in [-0.2, 0) is 16.0 Å². The van der Waals surface area contributed by atoms with Gasteiger partial charge in [-0.25, -0.2) is 4.79 Å². The number of imide groups is 1. The van der Waals surface area contributed by atoms with E-state index in [9.17, 15) is 14.4 Å². The van der Waals surface area contributed by atoms with Crippen LogP contribution in [0.5, 0.6) is 0 Å². The number of hydrogen-bond acceptors (Lipinski definition) is 3. The van der Waals surface area contributed by atoms with Crippen molar-refractivity contribution in [3.8, 4) is 0 Å². The number of aryl methyl sites for hydroxylation is 1. The lowest BCUT2D eigenvalue weighted by molar-refractivity contribution is -0.136. The minimum atomic E-state index is -0.789. The van der Waals surface area contributed by atoms with E-state index in [0.29, 0.717) is 18.8 Å². The summed E-state index contributed by atoms with van der Waals surface area (Å²) in [6.07, 6.45) is 4.82. The second-order valence-corrected chi connectivity index (χ2v) is 8.08. The fourth-order valence-corrected chi connectivity index (χ4v) is 3.98. The summed E-state index contributed by atoms with van der Waals surface area (Å²) in [5.41, 5.74) is 0.434. The molecule has 6 heteroatoms. The molecule has 0 aromatic heterocycles. The fraction of sp³-hybridized carbons (Fsp3) is 0.571. The Morgan fingerprint density at radius 3 is 2.59 bits per heavy atom. The van der Waals surface area contributed by atoms with Crippen molar-refractivity contribution >= 4 is 17.8 Å². The lowest BCUT2D eigenvalue weighted by Gasteiger charge is -2.33. The van der Waals surface area contributed by atoms with Gasteiger partial charge in [0.05, 0.1) is 0 Å². The van der Waals surface area contributed by atoms with Crippen LogP contribution in [0.4, 0.5) is 4.79 Å². The zero-order chi connectivity index (χ0) is 19.4. The minimum absolute atomic E-state index is 0.0250. The lowest BCUT2D eigenvalue weighted by atomic mass is 9.77. The van der Waals surface area contributed by atoms with E-state index in [0.717, 1.165) is 30.6 Å². The number of rotatable bonds is 6. The van der Waals surface area contributed by atoms with E-state index in [-0.39, 0.29) is 24.4 Å². The van der Waals surface area contributed by atoms with E-state index >= 15 is 0 Å². The van der Waals surface area contributed by atoms with Crippen molar-refractivity contribution in [2.24, 2.45) is 5.92 Å². The van der Waals surface area contributed by atoms with Crippen molar-refractivity contribution in [1.29, 1.82) is 0 Å². The van der Waals surface area contributed by atoms with Crippen molar-refractivity contribution < 1.29 is 14.4 Å². The molecule has 1 heterocycles. The van der Waals surface area contributed by atoms with Gasteiger partial charge in [0.15, 0.2) is 0 Å². The van der Waals surface area contributed by atoms with Gasteiger partial charge >= 0.3 is 6.03 Å². The molecule has 1 spiro atoms. The number of urea groups is 1. The molecule has 0 radical (unpaired) electrons. The third kappa shape index (κ3) is 4.49. The van der Waals surface area contributed by atoms with Gasteiger partial charge in [0.2, 0.25) is 5.91 Å². The highest BCUT2D eigenvalue weighted by molar-refractivity contribution is 6.09. The molecule has 1 aromatic carbocycles. The fourth-order valence-electron chi connectivity index (χ4n) is 3.98. The van der Waals surface area contributed by atoms with E-state index in [1.54, 1.807) is 0 Å². The molecule has 2 aliphatic rings. The number of amides is 4. The van der Waals surface area contributed by atoms with E-state index in [2.05, 4.69) is 29.7 Å². The van der Waals surface area contributed by atoms with Crippen LogP contribution in [-0.4, -0.2) is 40.9 Å². The summed E-state index contributed by atoms with van der Waals surface area (Å²) in [4.78, 5) is 38.5. The maximum absolute atomic E-state index is 12.8. The van der Waals surface area contributed by atoms with Crippen LogP contribution in [0.1, 0.15) is 51.5 Å². The molecule has 3 rings (SSSR count). The topological polar surface area (TPSA) is 78.5 Å². The van der Waals surface area contributed by atoms with E-state index < -0.39 is 11.6 Å². The first-order valence-electron chi connectivity index (χ1n) is 9.87. The zero-order valence-corrected chi connectivity index (χ0v) is 16.2. The normalized spacial score (nSPS) is 26.1. The molecule has 1 aromatic rings. The first-order valence-corrected chi connectivity index (χ1v) is 9.87. The van der Waals surface area contributed by atoms with Gasteiger partial charge in [-0.3, -0.25) is 14.5 Å². The molecule has 2 N–H and O–H groups in total. The number of nitrogens with one attached hydrogen (secondary N) is 2. The predicted octanol–water partition coefficient (Wildman–Crippen LogP) is 2.62. The molecular weight excluding hydrogens is 342 g/mol. The molecule has 2 fully saturated rings. The van der Waals surface area contributed by atoms with Crippen LogP contribution in [0.2, 0.25) is 0 Å². The van der Waals surface area contributed by atoms with E-state index in [4.69, 9.17) is 0 Å². The van der Waals surface area contributed by atoms with Gasteiger partial charge in [0.1, 0.15) is 12.1 Å². The van der Waals surface area contributed by atoms with Gasteiger partial charge in [-0.15, -0.1) is 0 Å². The Kier molecular flexibility index (Phi) is 5.82. The second kappa shape index (κ2) is 8.11. The summed E-state index contributed by atoms with van der Waals surface area (Å²) >= 11 is 0. The van der Waals surface area contributed by atoms with Gasteiger partial charge in [-0.05, 0) is 56.9 Å². The molecule has 27 heavy (non-hydrogen) atoms. The van der Waals surface area contributed by atoms with Crippen LogP contribution in [0.3, 0.4) is 0 Å². The Hall–Kier alpha value is -2.37. The van der Waals surface area contributed by atoms with Crippen LogP contribution in [0.25, 0.3) is 0 Å². The minimum Gasteiger partial charge on any atom is -0.352 e. The molecule has 1 saturated heterocycles. The Bertz CT molecular complexity index is 696. The van der Waals surface area contributed by atoms with Gasteiger partial charge in [0.25, 0.3) is 5.91 Å². The molecule has 1 saturated carbocycles. The largest absolute Gasteiger partial charge is 0.352 e. The lowest BCUT2D eigenvalue weighted by Crippen LogP contribution is -2.50. The molecule has 0 bridgehead atoms. The van der Waals surface area contributed by atoms with Crippen LogP contribution < -0.4 is 10.6 Å². The molecule has 1 atom stereocenters. The Morgan fingerprint density at radius 1 is 1.26 bits per heavy atom. The number of carbonyl (C=O) groups is 3. The van der Waals surface area contributed by atoms with Crippen molar-refractivity contribution in [2.75, 3.05) is 6.54 Å². The van der Waals surface area contributed by atoms with Crippen LogP contribution in [0.15, 0.2) is 30.3 Å². The summed E-state index contributed by atoms with van der Waals surface area (Å²) in [6, 6.07) is 9.63. The number of nitrogens with zero attached hydrogens (tertiary/aromatic N) is 1. The van der Waals surface area contributed by atoms with Crippen molar-refractivity contribution in [3.05, 3.63) is 35.9 Å². The monoisotopic (exact) mass is 371 g/mol. The molecule has 1 aliphatic heterocycles. The quantitative estimate of drug-likeness (QED) is 0.755. The van der Waals surface area contributed by atoms with E-state index in [1.807, 2.05) is 25.1 Å². The average Bonchev–Trinajstić information content (AvgIpc) is 2.88. The van der Waals surface area contributed by atoms with Crippen molar-refractivity contribution in [3.63, 3.8) is 0 Å². The maximum atomic E-state index is 12.8. The SMILES string of the molecule is CC1CCC2(CC1)NC(=O)N(CC(=O)NC(C)CCc1ccccc1)C2=O. The summed E-state index contributed by atoms with van der Waals surface area (Å²) in [7, 11) is 0. The molecule has 1 unspecified atom stereocenters. The van der Waals surface area contributed by atoms with Gasteiger partial charge in [-0.2, -0.15) is 0 Å². The first kappa shape index (κ1) is 19.4. The number of hydrogen-bond donors (Lipinski definition) is 2. The highest BCUT2D eigenvalue weighted by atomic mass is 16.2. The van der Waals surface area contributed by atoms with Crippen LogP contribution in [0, 0.1) is 5.92 Å². The Balaban J connectivity index is 1.50. The standard InChI is InChI=1S/C21H29N3O3/c1-15-10-12-21(13-11-15)19(26)24(20(27)23-21)14-18(25)22-16(2)8-9-17-6-4-3-5-7-17/h3-7,15-16H,8-14H2,1-2H3,(H,22,25)(H,23,27). The van der Waals surface area contributed by atoms with Gasteiger partial charge < -0.3 is 10.6 Å². The molecular formula is C21H29N3O3. The van der Waals surface area contributed by atoms with Gasteiger partial charge in [-0.1, -0.05) is 37.3 Å². The molecule has 4 amide bonds. The molecule has 6 nitrogen and oxygen atoms in total. The second-order valence-electron chi connectivity index (χ2n) is 8.08. The van der Waals surface area contributed by atoms with Crippen molar-refractivity contribution in [1.82, 2.24) is 15.5 Å². The third-order valence-electron chi connectivity index (χ3n) is 5.79. The first-order chi connectivity index (χ1) is 12.9. The smallest absolute Gasteiger partial charge is 0.325 e.